The predicted octanol–water partition coefficient (Wildman–Crippen LogP) is 0.610. The van der Waals surface area contributed by atoms with Crippen LogP contribution in [0.2, 0.25) is 0 Å². The molecule has 160 valence electrons. The minimum atomic E-state index is -4.08. The average molecular weight is 436 g/mol. The maximum absolute atomic E-state index is 13.2. The number of alkyl halides is 1. The van der Waals surface area contributed by atoms with Crippen LogP contribution in [0.25, 0.3) is 10.9 Å². The van der Waals surface area contributed by atoms with Crippen LogP contribution in [0.4, 0.5) is 4.39 Å². The van der Waals surface area contributed by atoms with Crippen LogP contribution in [0, 0.1) is 5.92 Å². The molecular formula is C19H21FN4O5S. The van der Waals surface area contributed by atoms with Gasteiger partial charge >= 0.3 is 5.69 Å². The first-order valence-corrected chi connectivity index (χ1v) is 11.0. The number of amides is 1. The molecule has 4 rings (SSSR count). The number of nitrogens with one attached hydrogen (secondary N) is 2. The maximum Gasteiger partial charge on any atom is 0.350 e. The summed E-state index contributed by atoms with van der Waals surface area (Å²) in [5.41, 5.74) is -0.232. The first-order chi connectivity index (χ1) is 14.2. The first kappa shape index (κ1) is 20.5. The van der Waals surface area contributed by atoms with E-state index in [1.54, 1.807) is 0 Å². The Hall–Kier alpha value is -2.79. The lowest BCUT2D eigenvalue weighted by Crippen LogP contribution is -2.46. The number of benzene rings is 1. The van der Waals surface area contributed by atoms with Crippen molar-refractivity contribution in [2.75, 3.05) is 12.1 Å². The molecule has 0 radical (unpaired) electrons. The third kappa shape index (κ3) is 3.70. The minimum Gasteiger partial charge on any atom is -0.291 e. The van der Waals surface area contributed by atoms with E-state index in [4.69, 9.17) is 0 Å². The van der Waals surface area contributed by atoms with Gasteiger partial charge in [0.1, 0.15) is 6.67 Å². The molecule has 9 nitrogen and oxygen atoms in total. The van der Waals surface area contributed by atoms with E-state index < -0.39 is 39.4 Å². The summed E-state index contributed by atoms with van der Waals surface area (Å²) in [6, 6.07) is 3.82. The van der Waals surface area contributed by atoms with Crippen molar-refractivity contribution in [2.24, 2.45) is 5.92 Å². The molecule has 0 aliphatic heterocycles. The van der Waals surface area contributed by atoms with E-state index in [0.29, 0.717) is 24.1 Å². The number of sulfonamides is 1. The summed E-state index contributed by atoms with van der Waals surface area (Å²) in [5, 5.41) is -0.0485. The van der Waals surface area contributed by atoms with Crippen LogP contribution in [-0.4, -0.2) is 35.8 Å². The third-order valence-corrected chi connectivity index (χ3v) is 7.01. The molecule has 30 heavy (non-hydrogen) atoms. The van der Waals surface area contributed by atoms with Gasteiger partial charge in [0.15, 0.2) is 0 Å². The normalized spacial score (nSPS) is 17.6. The Morgan fingerprint density at radius 2 is 2.00 bits per heavy atom. The molecule has 2 fully saturated rings. The van der Waals surface area contributed by atoms with Gasteiger partial charge in [-0.05, 0) is 55.9 Å². The molecule has 1 aromatic heterocycles. The Kier molecular flexibility index (Phi) is 4.89. The fourth-order valence-corrected chi connectivity index (χ4v) is 4.73. The van der Waals surface area contributed by atoms with E-state index in [1.807, 2.05) is 0 Å². The van der Waals surface area contributed by atoms with Gasteiger partial charge in [0.25, 0.3) is 11.5 Å². The van der Waals surface area contributed by atoms with Crippen molar-refractivity contribution in [1.29, 1.82) is 0 Å². The fraction of sp³-hybridized carbons (Fsp3) is 0.421. The Balaban J connectivity index is 1.87. The number of carbonyl (C=O) groups excluding carboxylic acids is 1. The standard InChI is InChI=1S/C19H21FN4O5S/c1-2-16(25)21-24-17(26)14-9-13(30(28,29)22-19(11-20)7-8-19)5-6-15(14)23(18(24)27)10-12-3-4-12/h2,5-6,9,12,22H,1,3-4,7-8,10-11H2,(H,21,25). The second-order valence-corrected chi connectivity index (χ2v) is 9.54. The van der Waals surface area contributed by atoms with Crippen molar-refractivity contribution in [1.82, 2.24) is 14.0 Å². The zero-order valence-corrected chi connectivity index (χ0v) is 16.9. The molecular weight excluding hydrogens is 415 g/mol. The van der Waals surface area contributed by atoms with Gasteiger partial charge in [-0.3, -0.25) is 19.6 Å². The smallest absolute Gasteiger partial charge is 0.291 e. The molecule has 2 aliphatic carbocycles. The molecule has 11 heteroatoms. The number of hydrogen-bond acceptors (Lipinski definition) is 5. The summed E-state index contributed by atoms with van der Waals surface area (Å²) in [5.74, 6) is -0.480. The average Bonchev–Trinajstić information content (AvgIpc) is 3.65. The van der Waals surface area contributed by atoms with Crippen molar-refractivity contribution >= 4 is 26.8 Å². The molecule has 1 aromatic carbocycles. The Morgan fingerprint density at radius 3 is 2.57 bits per heavy atom. The van der Waals surface area contributed by atoms with E-state index in [9.17, 15) is 27.2 Å². The van der Waals surface area contributed by atoms with Gasteiger partial charge in [0.2, 0.25) is 10.0 Å². The third-order valence-electron chi connectivity index (χ3n) is 5.43. The van der Waals surface area contributed by atoms with Gasteiger partial charge < -0.3 is 0 Å². The summed E-state index contributed by atoms with van der Waals surface area (Å²) in [7, 11) is -4.08. The SMILES string of the molecule is C=CC(=O)Nn1c(=O)c2cc(S(=O)(=O)NC3(CF)CC3)ccc2n(CC2CC2)c1=O. The fourth-order valence-electron chi connectivity index (χ4n) is 3.27. The molecule has 0 unspecified atom stereocenters. The molecule has 0 saturated heterocycles. The maximum atomic E-state index is 13.2. The monoisotopic (exact) mass is 436 g/mol. The topological polar surface area (TPSA) is 119 Å². The Bertz CT molecular complexity index is 1270. The van der Waals surface area contributed by atoms with Crippen LogP contribution in [0.15, 0.2) is 45.3 Å². The Morgan fingerprint density at radius 1 is 1.30 bits per heavy atom. The number of aromatic nitrogens is 2. The zero-order valence-electron chi connectivity index (χ0n) is 16.1. The molecule has 0 bridgehead atoms. The number of carbonyl (C=O) groups is 1. The minimum absolute atomic E-state index is 0.0485. The second-order valence-electron chi connectivity index (χ2n) is 7.86. The summed E-state index contributed by atoms with van der Waals surface area (Å²) >= 11 is 0. The van der Waals surface area contributed by atoms with E-state index in [-0.39, 0.29) is 21.7 Å². The van der Waals surface area contributed by atoms with Gasteiger partial charge in [-0.2, -0.15) is 4.68 Å². The lowest BCUT2D eigenvalue weighted by molar-refractivity contribution is -0.112. The van der Waals surface area contributed by atoms with Crippen LogP contribution >= 0.6 is 0 Å². The lowest BCUT2D eigenvalue weighted by Gasteiger charge is -2.16. The summed E-state index contributed by atoms with van der Waals surface area (Å²) in [6.07, 6.45) is 3.59. The van der Waals surface area contributed by atoms with Crippen LogP contribution < -0.4 is 21.4 Å². The Labute approximate surface area is 171 Å². The molecule has 2 aliphatic rings. The van der Waals surface area contributed by atoms with Gasteiger partial charge in [-0.25, -0.2) is 22.3 Å². The molecule has 1 amide bonds. The summed E-state index contributed by atoms with van der Waals surface area (Å²) in [6.45, 7) is 2.82. The van der Waals surface area contributed by atoms with Gasteiger partial charge in [-0.15, -0.1) is 0 Å². The number of rotatable bonds is 8. The van der Waals surface area contributed by atoms with Crippen molar-refractivity contribution in [3.05, 3.63) is 51.7 Å². The van der Waals surface area contributed by atoms with E-state index in [1.165, 1.54) is 16.7 Å². The summed E-state index contributed by atoms with van der Waals surface area (Å²) < 4.78 is 42.9. The highest BCUT2D eigenvalue weighted by Gasteiger charge is 2.46. The number of halogens is 1. The van der Waals surface area contributed by atoms with E-state index in [0.717, 1.165) is 25.0 Å². The predicted molar refractivity (Wildman–Crippen MR) is 108 cm³/mol. The number of nitrogens with zero attached hydrogens (tertiary/aromatic N) is 2. The van der Waals surface area contributed by atoms with E-state index in [2.05, 4.69) is 16.7 Å². The van der Waals surface area contributed by atoms with Gasteiger partial charge in [0.05, 0.1) is 21.3 Å². The molecule has 2 N–H and O–H groups in total. The first-order valence-electron chi connectivity index (χ1n) is 9.53. The van der Waals surface area contributed by atoms with Crippen molar-refractivity contribution in [3.8, 4) is 0 Å². The van der Waals surface area contributed by atoms with Gasteiger partial charge in [-0.1, -0.05) is 6.58 Å². The largest absolute Gasteiger partial charge is 0.350 e. The van der Waals surface area contributed by atoms with Crippen molar-refractivity contribution in [2.45, 2.75) is 42.7 Å². The van der Waals surface area contributed by atoms with Crippen molar-refractivity contribution < 1.29 is 17.6 Å². The molecule has 2 saturated carbocycles. The molecule has 1 heterocycles. The van der Waals surface area contributed by atoms with E-state index >= 15 is 0 Å². The molecule has 0 spiro atoms. The highest BCUT2D eigenvalue weighted by Crippen LogP contribution is 2.37. The molecule has 2 aromatic rings. The summed E-state index contributed by atoms with van der Waals surface area (Å²) in [4.78, 5) is 37.2. The molecule has 0 atom stereocenters. The van der Waals surface area contributed by atoms with Crippen LogP contribution in [0.1, 0.15) is 25.7 Å². The lowest BCUT2D eigenvalue weighted by atomic mass is 10.2. The highest BCUT2D eigenvalue weighted by molar-refractivity contribution is 7.89. The van der Waals surface area contributed by atoms with Crippen LogP contribution in [0.3, 0.4) is 0 Å². The highest BCUT2D eigenvalue weighted by atomic mass is 32.2. The van der Waals surface area contributed by atoms with Crippen molar-refractivity contribution in [3.63, 3.8) is 0 Å². The number of hydrogen-bond donors (Lipinski definition) is 2. The van der Waals surface area contributed by atoms with Crippen LogP contribution in [-0.2, 0) is 21.4 Å². The van der Waals surface area contributed by atoms with Gasteiger partial charge in [0, 0.05) is 6.54 Å². The second kappa shape index (κ2) is 7.17. The van der Waals surface area contributed by atoms with Crippen LogP contribution in [0.5, 0.6) is 0 Å². The number of fused-ring (bicyclic) bond motifs is 1. The quantitative estimate of drug-likeness (QED) is 0.588. The zero-order chi connectivity index (χ0) is 21.7.